The van der Waals surface area contributed by atoms with Crippen LogP contribution in [-0.2, 0) is 17.9 Å². The Kier molecular flexibility index (Phi) is 9.56. The van der Waals surface area contributed by atoms with Crippen molar-refractivity contribution in [3.05, 3.63) is 56.0 Å². The molecule has 164 valence electrons. The van der Waals surface area contributed by atoms with Crippen LogP contribution >= 0.6 is 39.1 Å². The maximum Gasteiger partial charge on any atom is 0.162 e. The van der Waals surface area contributed by atoms with Crippen LogP contribution in [0.15, 0.2) is 34.8 Å². The second-order valence-corrected chi connectivity index (χ2v) is 8.61. The van der Waals surface area contributed by atoms with Gasteiger partial charge in [0.1, 0.15) is 6.61 Å². The molecule has 1 saturated heterocycles. The molecular weight excluding hydrogens is 491 g/mol. The van der Waals surface area contributed by atoms with Gasteiger partial charge in [0, 0.05) is 52.8 Å². The zero-order chi connectivity index (χ0) is 21.3. The average molecular weight is 518 g/mol. The lowest BCUT2D eigenvalue weighted by molar-refractivity contribution is 0.0384. The lowest BCUT2D eigenvalue weighted by atomic mass is 10.2. The van der Waals surface area contributed by atoms with Gasteiger partial charge in [-0.2, -0.15) is 0 Å². The fourth-order valence-electron chi connectivity index (χ4n) is 3.20. The Morgan fingerprint density at radius 2 is 1.80 bits per heavy atom. The summed E-state index contributed by atoms with van der Waals surface area (Å²) >= 11 is 16.2. The van der Waals surface area contributed by atoms with E-state index in [-0.39, 0.29) is 6.61 Å². The number of morpholine rings is 1. The molecule has 2 aromatic carbocycles. The molecule has 1 N–H and O–H groups in total. The summed E-state index contributed by atoms with van der Waals surface area (Å²) < 4.78 is 18.2. The molecule has 0 saturated carbocycles. The third-order valence-corrected chi connectivity index (χ3v) is 6.32. The average Bonchev–Trinajstić information content (AvgIpc) is 2.74. The third-order valence-electron chi connectivity index (χ3n) is 4.87. The van der Waals surface area contributed by atoms with Gasteiger partial charge in [-0.15, -0.1) is 0 Å². The number of nitrogens with zero attached hydrogens (tertiary/aromatic N) is 1. The van der Waals surface area contributed by atoms with Gasteiger partial charge in [-0.25, -0.2) is 0 Å². The molecule has 3 rings (SSSR count). The summed E-state index contributed by atoms with van der Waals surface area (Å²) in [5, 5.41) is 4.68. The molecule has 0 aliphatic carbocycles. The minimum absolute atomic E-state index is 0.266. The molecule has 0 bridgehead atoms. The van der Waals surface area contributed by atoms with E-state index in [1.54, 1.807) is 12.1 Å². The van der Waals surface area contributed by atoms with Crippen molar-refractivity contribution < 1.29 is 14.2 Å². The molecule has 0 aromatic heterocycles. The van der Waals surface area contributed by atoms with Crippen LogP contribution in [0.3, 0.4) is 0 Å². The van der Waals surface area contributed by atoms with Gasteiger partial charge < -0.3 is 19.5 Å². The van der Waals surface area contributed by atoms with Gasteiger partial charge in [-0.1, -0.05) is 45.2 Å². The van der Waals surface area contributed by atoms with E-state index >= 15 is 0 Å². The molecule has 0 atom stereocenters. The van der Waals surface area contributed by atoms with E-state index in [9.17, 15) is 0 Å². The van der Waals surface area contributed by atoms with Gasteiger partial charge in [0.2, 0.25) is 0 Å². The van der Waals surface area contributed by atoms with Crippen LogP contribution in [0.5, 0.6) is 11.5 Å². The van der Waals surface area contributed by atoms with Crippen LogP contribution in [0, 0.1) is 0 Å². The monoisotopic (exact) mass is 516 g/mol. The number of ether oxygens (including phenoxy) is 3. The molecule has 1 aliphatic rings. The maximum atomic E-state index is 6.26. The first-order chi connectivity index (χ1) is 14.6. The van der Waals surface area contributed by atoms with Crippen LogP contribution in [0.1, 0.15) is 18.1 Å². The topological polar surface area (TPSA) is 43.0 Å². The fourth-order valence-corrected chi connectivity index (χ4v) is 4.17. The van der Waals surface area contributed by atoms with Crippen LogP contribution in [0.2, 0.25) is 10.0 Å². The Balaban J connectivity index is 1.61. The predicted octanol–water partition coefficient (Wildman–Crippen LogP) is 5.16. The van der Waals surface area contributed by atoms with E-state index < -0.39 is 0 Å². The Morgan fingerprint density at radius 3 is 2.50 bits per heavy atom. The molecule has 30 heavy (non-hydrogen) atoms. The largest absolute Gasteiger partial charge is 0.490 e. The number of benzene rings is 2. The van der Waals surface area contributed by atoms with Gasteiger partial charge in [0.05, 0.1) is 19.8 Å². The van der Waals surface area contributed by atoms with E-state index in [0.29, 0.717) is 28.2 Å². The Morgan fingerprint density at radius 1 is 1.10 bits per heavy atom. The lowest BCUT2D eigenvalue weighted by Crippen LogP contribution is -2.40. The smallest absolute Gasteiger partial charge is 0.162 e. The van der Waals surface area contributed by atoms with Gasteiger partial charge >= 0.3 is 0 Å². The Bertz CT molecular complexity index is 812. The third kappa shape index (κ3) is 6.74. The molecule has 8 heteroatoms. The minimum atomic E-state index is 0.266. The Hall–Kier alpha value is -1.02. The van der Waals surface area contributed by atoms with E-state index in [1.165, 1.54) is 0 Å². The minimum Gasteiger partial charge on any atom is -0.490 e. The summed E-state index contributed by atoms with van der Waals surface area (Å²) in [4.78, 5) is 2.41. The van der Waals surface area contributed by atoms with E-state index in [4.69, 9.17) is 37.4 Å². The number of halogens is 3. The summed E-state index contributed by atoms with van der Waals surface area (Å²) in [6, 6.07) is 9.37. The highest BCUT2D eigenvalue weighted by atomic mass is 79.9. The summed E-state index contributed by atoms with van der Waals surface area (Å²) in [7, 11) is 0. The predicted molar refractivity (Wildman–Crippen MR) is 125 cm³/mol. The highest BCUT2D eigenvalue weighted by Gasteiger charge is 2.14. The number of hydrogen-bond donors (Lipinski definition) is 1. The molecule has 1 fully saturated rings. The molecule has 0 radical (unpaired) electrons. The number of rotatable bonds is 10. The summed E-state index contributed by atoms with van der Waals surface area (Å²) in [5.74, 6) is 1.35. The molecule has 1 aliphatic heterocycles. The molecule has 5 nitrogen and oxygen atoms in total. The first-order valence-electron chi connectivity index (χ1n) is 10.1. The second kappa shape index (κ2) is 12.1. The van der Waals surface area contributed by atoms with E-state index in [0.717, 1.165) is 61.5 Å². The normalized spacial score (nSPS) is 14.7. The van der Waals surface area contributed by atoms with Crippen LogP contribution in [0.25, 0.3) is 0 Å². The highest BCUT2D eigenvalue weighted by molar-refractivity contribution is 9.10. The number of nitrogens with one attached hydrogen (secondary N) is 1. The van der Waals surface area contributed by atoms with Gasteiger partial charge in [0.15, 0.2) is 11.5 Å². The van der Waals surface area contributed by atoms with Crippen LogP contribution in [-0.4, -0.2) is 50.9 Å². The molecule has 0 amide bonds. The molecular formula is C22H27BrCl2N2O3. The van der Waals surface area contributed by atoms with Gasteiger partial charge in [-0.05, 0) is 36.8 Å². The summed E-state index contributed by atoms with van der Waals surface area (Å²) in [6.45, 7) is 9.09. The Labute approximate surface area is 196 Å². The SMILES string of the molecule is CCOc1cc(CNCCN2CCOCC2)c(Br)cc1OCc1c(Cl)cccc1Cl. The van der Waals surface area contributed by atoms with Crippen molar-refractivity contribution in [3.8, 4) is 11.5 Å². The lowest BCUT2D eigenvalue weighted by Gasteiger charge is -2.26. The van der Waals surface area contributed by atoms with Crippen LogP contribution < -0.4 is 14.8 Å². The van der Waals surface area contributed by atoms with Crippen molar-refractivity contribution in [2.24, 2.45) is 0 Å². The van der Waals surface area contributed by atoms with Gasteiger partial charge in [0.25, 0.3) is 0 Å². The van der Waals surface area contributed by atoms with Gasteiger partial charge in [-0.3, -0.25) is 4.90 Å². The van der Waals surface area contributed by atoms with Crippen molar-refractivity contribution in [2.75, 3.05) is 46.0 Å². The standard InChI is InChI=1S/C22H27BrCl2N2O3/c1-2-29-21-12-16(14-26-6-7-27-8-10-28-11-9-27)18(23)13-22(21)30-15-17-19(24)4-3-5-20(17)25/h3-5,12-13,26H,2,6-11,14-15H2,1H3. The van der Waals surface area contributed by atoms with Crippen molar-refractivity contribution in [3.63, 3.8) is 0 Å². The zero-order valence-electron chi connectivity index (χ0n) is 17.1. The van der Waals surface area contributed by atoms with Crippen molar-refractivity contribution in [1.82, 2.24) is 10.2 Å². The summed E-state index contributed by atoms with van der Waals surface area (Å²) in [5.41, 5.74) is 1.87. The highest BCUT2D eigenvalue weighted by Crippen LogP contribution is 2.35. The quantitative estimate of drug-likeness (QED) is 0.441. The van der Waals surface area contributed by atoms with E-state index in [2.05, 4.69) is 26.1 Å². The fraction of sp³-hybridized carbons (Fsp3) is 0.455. The van der Waals surface area contributed by atoms with Crippen molar-refractivity contribution in [1.29, 1.82) is 0 Å². The second-order valence-electron chi connectivity index (χ2n) is 6.94. The van der Waals surface area contributed by atoms with E-state index in [1.807, 2.05) is 25.1 Å². The number of hydrogen-bond acceptors (Lipinski definition) is 5. The summed E-state index contributed by atoms with van der Waals surface area (Å²) in [6.07, 6.45) is 0. The first kappa shape index (κ1) is 23.6. The molecule has 0 spiro atoms. The van der Waals surface area contributed by atoms with Crippen molar-refractivity contribution in [2.45, 2.75) is 20.1 Å². The zero-order valence-corrected chi connectivity index (χ0v) is 20.2. The molecule has 2 aromatic rings. The van der Waals surface area contributed by atoms with Crippen LogP contribution in [0.4, 0.5) is 0 Å². The molecule has 0 unspecified atom stereocenters. The van der Waals surface area contributed by atoms with Crippen molar-refractivity contribution >= 4 is 39.1 Å². The molecule has 1 heterocycles. The maximum absolute atomic E-state index is 6.26. The first-order valence-corrected chi connectivity index (χ1v) is 11.6.